The fourth-order valence-electron chi connectivity index (χ4n) is 2.29. The van der Waals surface area contributed by atoms with Crippen molar-refractivity contribution < 1.29 is 19.1 Å². The molecule has 0 radical (unpaired) electrons. The lowest BCUT2D eigenvalue weighted by molar-refractivity contribution is -0.129. The number of nitrogens with zero attached hydrogens (tertiary/aromatic N) is 1. The summed E-state index contributed by atoms with van der Waals surface area (Å²) in [5, 5.41) is 2.81. The average molecular weight is 322 g/mol. The van der Waals surface area contributed by atoms with Crippen LogP contribution in [0, 0.1) is 5.92 Å². The minimum absolute atomic E-state index is 0.00261. The van der Waals surface area contributed by atoms with Crippen molar-refractivity contribution in [3.63, 3.8) is 0 Å². The van der Waals surface area contributed by atoms with Crippen molar-refractivity contribution in [3.8, 4) is 11.5 Å². The predicted molar refractivity (Wildman–Crippen MR) is 89.0 cm³/mol. The van der Waals surface area contributed by atoms with Gasteiger partial charge >= 0.3 is 0 Å². The number of amides is 2. The Hall–Kier alpha value is -2.24. The molecular weight excluding hydrogens is 296 g/mol. The van der Waals surface area contributed by atoms with E-state index in [2.05, 4.69) is 5.32 Å². The molecule has 0 saturated heterocycles. The van der Waals surface area contributed by atoms with Gasteiger partial charge in [-0.1, -0.05) is 19.9 Å². The molecule has 0 atom stereocenters. The van der Waals surface area contributed by atoms with Gasteiger partial charge < -0.3 is 19.7 Å². The third kappa shape index (κ3) is 5.47. The van der Waals surface area contributed by atoms with Gasteiger partial charge in [-0.2, -0.15) is 0 Å². The fraction of sp³-hybridized carbons (Fsp3) is 0.529. The quantitative estimate of drug-likeness (QED) is 0.794. The van der Waals surface area contributed by atoms with Gasteiger partial charge in [-0.15, -0.1) is 0 Å². The first-order valence-corrected chi connectivity index (χ1v) is 7.65. The average Bonchev–Trinajstić information content (AvgIpc) is 2.52. The molecule has 0 unspecified atom stereocenters. The molecule has 128 valence electrons. The summed E-state index contributed by atoms with van der Waals surface area (Å²) in [6.07, 6.45) is 0. The third-order valence-electron chi connectivity index (χ3n) is 3.35. The molecule has 0 aliphatic carbocycles. The fourth-order valence-corrected chi connectivity index (χ4v) is 2.29. The highest BCUT2D eigenvalue weighted by atomic mass is 16.5. The maximum atomic E-state index is 12.4. The van der Waals surface area contributed by atoms with Crippen LogP contribution >= 0.6 is 0 Å². The SMILES string of the molecule is COc1cccc(OC)c1C(=O)NCCN(CC(C)C)C(C)=O. The largest absolute Gasteiger partial charge is 0.496 e. The van der Waals surface area contributed by atoms with Crippen molar-refractivity contribution in [3.05, 3.63) is 23.8 Å². The van der Waals surface area contributed by atoms with Crippen molar-refractivity contribution in [1.82, 2.24) is 10.2 Å². The van der Waals surface area contributed by atoms with Crippen LogP contribution in [-0.4, -0.2) is 50.6 Å². The molecule has 0 spiro atoms. The predicted octanol–water partition coefficient (Wildman–Crippen LogP) is 1.94. The van der Waals surface area contributed by atoms with Gasteiger partial charge in [0.2, 0.25) is 5.91 Å². The van der Waals surface area contributed by atoms with Gasteiger partial charge in [0.15, 0.2) is 0 Å². The smallest absolute Gasteiger partial charge is 0.258 e. The number of carbonyl (C=O) groups is 2. The van der Waals surface area contributed by atoms with Gasteiger partial charge in [0.05, 0.1) is 14.2 Å². The molecule has 0 fully saturated rings. The Bertz CT molecular complexity index is 521. The van der Waals surface area contributed by atoms with Crippen LogP contribution in [-0.2, 0) is 4.79 Å². The van der Waals surface area contributed by atoms with E-state index >= 15 is 0 Å². The number of benzene rings is 1. The molecule has 6 heteroatoms. The first-order valence-electron chi connectivity index (χ1n) is 7.65. The lowest BCUT2D eigenvalue weighted by Crippen LogP contribution is -2.39. The second-order valence-corrected chi connectivity index (χ2v) is 5.65. The monoisotopic (exact) mass is 322 g/mol. The summed E-state index contributed by atoms with van der Waals surface area (Å²) >= 11 is 0. The van der Waals surface area contributed by atoms with Crippen molar-refractivity contribution in [2.45, 2.75) is 20.8 Å². The number of rotatable bonds is 8. The van der Waals surface area contributed by atoms with Crippen molar-refractivity contribution in [1.29, 1.82) is 0 Å². The number of carbonyl (C=O) groups excluding carboxylic acids is 2. The molecular formula is C17H26N2O4. The molecule has 2 amide bonds. The van der Waals surface area contributed by atoms with Gasteiger partial charge in [0.1, 0.15) is 17.1 Å². The van der Waals surface area contributed by atoms with Crippen molar-refractivity contribution in [2.75, 3.05) is 33.9 Å². The summed E-state index contributed by atoms with van der Waals surface area (Å²) < 4.78 is 10.4. The maximum Gasteiger partial charge on any atom is 0.258 e. The number of hydrogen-bond acceptors (Lipinski definition) is 4. The maximum absolute atomic E-state index is 12.4. The minimum Gasteiger partial charge on any atom is -0.496 e. The summed E-state index contributed by atoms with van der Waals surface area (Å²) in [4.78, 5) is 25.7. The van der Waals surface area contributed by atoms with Gasteiger partial charge in [-0.3, -0.25) is 9.59 Å². The Balaban J connectivity index is 2.72. The third-order valence-corrected chi connectivity index (χ3v) is 3.35. The highest BCUT2D eigenvalue weighted by molar-refractivity contribution is 5.99. The molecule has 0 aliphatic rings. The highest BCUT2D eigenvalue weighted by Crippen LogP contribution is 2.27. The zero-order valence-corrected chi connectivity index (χ0v) is 14.5. The molecule has 23 heavy (non-hydrogen) atoms. The van der Waals surface area contributed by atoms with Crippen LogP contribution in [0.1, 0.15) is 31.1 Å². The molecule has 0 saturated carbocycles. The van der Waals surface area contributed by atoms with E-state index in [1.165, 1.54) is 21.1 Å². The number of nitrogens with one attached hydrogen (secondary N) is 1. The highest BCUT2D eigenvalue weighted by Gasteiger charge is 2.18. The first-order chi connectivity index (χ1) is 10.9. The summed E-state index contributed by atoms with van der Waals surface area (Å²) in [5.74, 6) is 0.999. The van der Waals surface area contributed by atoms with E-state index < -0.39 is 0 Å². The minimum atomic E-state index is -0.285. The van der Waals surface area contributed by atoms with Crippen LogP contribution in [0.5, 0.6) is 11.5 Å². The van der Waals surface area contributed by atoms with Crippen LogP contribution in [0.3, 0.4) is 0 Å². The summed E-state index contributed by atoms with van der Waals surface area (Å²) in [7, 11) is 3.01. The molecule has 0 heterocycles. The normalized spacial score (nSPS) is 10.3. The van der Waals surface area contributed by atoms with E-state index in [1.807, 2.05) is 13.8 Å². The molecule has 6 nitrogen and oxygen atoms in total. The molecule has 0 aliphatic heterocycles. The Labute approximate surface area is 137 Å². The van der Waals surface area contributed by atoms with Gasteiger partial charge in [-0.05, 0) is 18.1 Å². The summed E-state index contributed by atoms with van der Waals surface area (Å²) in [5.41, 5.74) is 0.357. The van der Waals surface area contributed by atoms with Crippen LogP contribution in [0.4, 0.5) is 0 Å². The molecule has 1 aromatic carbocycles. The second-order valence-electron chi connectivity index (χ2n) is 5.65. The Kier molecular flexibility index (Phi) is 7.38. The van der Waals surface area contributed by atoms with Gasteiger partial charge in [0, 0.05) is 26.6 Å². The van der Waals surface area contributed by atoms with Gasteiger partial charge in [0.25, 0.3) is 5.91 Å². The zero-order chi connectivity index (χ0) is 17.4. The molecule has 1 rings (SSSR count). The molecule has 1 N–H and O–H groups in total. The lowest BCUT2D eigenvalue weighted by Gasteiger charge is -2.23. The van der Waals surface area contributed by atoms with E-state index in [0.717, 1.165) is 0 Å². The van der Waals surface area contributed by atoms with E-state index in [9.17, 15) is 9.59 Å². The second kappa shape index (κ2) is 9.02. The topological polar surface area (TPSA) is 67.9 Å². The molecule has 1 aromatic rings. The van der Waals surface area contributed by atoms with E-state index in [1.54, 1.807) is 23.1 Å². The number of ether oxygens (including phenoxy) is 2. The molecule has 0 aromatic heterocycles. The number of hydrogen-bond donors (Lipinski definition) is 1. The Morgan fingerprint density at radius 1 is 1.17 bits per heavy atom. The standard InChI is InChI=1S/C17H26N2O4/c1-12(2)11-19(13(3)20)10-9-18-17(21)16-14(22-4)7-6-8-15(16)23-5/h6-8,12H,9-11H2,1-5H3,(H,18,21). The number of methoxy groups -OCH3 is 2. The lowest BCUT2D eigenvalue weighted by atomic mass is 10.1. The summed E-state index contributed by atoms with van der Waals surface area (Å²) in [6.45, 7) is 7.14. The first kappa shape index (κ1) is 18.8. The Morgan fingerprint density at radius 2 is 1.74 bits per heavy atom. The van der Waals surface area contributed by atoms with E-state index in [0.29, 0.717) is 42.6 Å². The zero-order valence-electron chi connectivity index (χ0n) is 14.5. The van der Waals surface area contributed by atoms with Crippen molar-refractivity contribution >= 4 is 11.8 Å². The Morgan fingerprint density at radius 3 is 2.17 bits per heavy atom. The van der Waals surface area contributed by atoms with Crippen LogP contribution in [0.25, 0.3) is 0 Å². The van der Waals surface area contributed by atoms with Crippen LogP contribution in [0.15, 0.2) is 18.2 Å². The molecule has 0 bridgehead atoms. The van der Waals surface area contributed by atoms with Crippen molar-refractivity contribution in [2.24, 2.45) is 5.92 Å². The van der Waals surface area contributed by atoms with E-state index in [4.69, 9.17) is 9.47 Å². The van der Waals surface area contributed by atoms with E-state index in [-0.39, 0.29) is 11.8 Å². The van der Waals surface area contributed by atoms with Gasteiger partial charge in [-0.25, -0.2) is 0 Å². The van der Waals surface area contributed by atoms with Crippen LogP contribution < -0.4 is 14.8 Å². The summed E-state index contributed by atoms with van der Waals surface area (Å²) in [6, 6.07) is 5.17. The van der Waals surface area contributed by atoms with Crippen LogP contribution in [0.2, 0.25) is 0 Å².